The summed E-state index contributed by atoms with van der Waals surface area (Å²) < 4.78 is 211. The van der Waals surface area contributed by atoms with E-state index >= 15 is 0 Å². The van der Waals surface area contributed by atoms with Crippen molar-refractivity contribution in [3.63, 3.8) is 0 Å². The Morgan fingerprint density at radius 2 is 0.863 bits per heavy atom. The molecule has 0 spiro atoms. The maximum atomic E-state index is 13.7. The number of rotatable bonds is 10. The van der Waals surface area contributed by atoms with Gasteiger partial charge in [-0.05, 0) is 103 Å². The van der Waals surface area contributed by atoms with Gasteiger partial charge in [0, 0.05) is 51.9 Å². The minimum absolute atomic E-state index is 0.0816. The minimum atomic E-state index is -5.15. The molecule has 12 nitrogen and oxygen atoms in total. The van der Waals surface area contributed by atoms with Crippen molar-refractivity contribution in [1.82, 2.24) is 19.1 Å². The van der Waals surface area contributed by atoms with Gasteiger partial charge in [-0.15, -0.1) is 0 Å². The zero-order valence-electron chi connectivity index (χ0n) is 41.5. The summed E-state index contributed by atoms with van der Waals surface area (Å²) in [5, 5.41) is 37.7. The molecule has 28 heteroatoms. The van der Waals surface area contributed by atoms with Gasteiger partial charge >= 0.3 is 31.8 Å². The van der Waals surface area contributed by atoms with Crippen molar-refractivity contribution in [3.8, 4) is 45.3 Å². The first-order valence-electron chi connectivity index (χ1n) is 22.7. The molecule has 2 aromatic heterocycles. The molecule has 0 saturated carbocycles. The molecule has 0 radical (unpaired) electrons. The molecule has 2 heterocycles. The van der Waals surface area contributed by atoms with E-state index in [1.54, 1.807) is 24.3 Å². The molecule has 0 amide bonds. The van der Waals surface area contributed by atoms with Crippen LogP contribution in [0.5, 0.6) is 0 Å². The second-order valence-corrected chi connectivity index (χ2v) is 22.9. The fourth-order valence-corrected chi connectivity index (χ4v) is 8.98. The van der Waals surface area contributed by atoms with Gasteiger partial charge in [0.25, 0.3) is 0 Å². The maximum Gasteiger partial charge on any atom is 0.488 e. The molecular formula is C52H42BBrF12N4O8S2. The van der Waals surface area contributed by atoms with Crippen molar-refractivity contribution < 1.29 is 89.8 Å². The fourth-order valence-electron chi connectivity index (χ4n) is 7.37. The molecule has 0 bridgehead atoms. The SMILES string of the molecule is CC(O)(c1cn(-c2ccc(-c3cccc(S(C)(=O)=O)c3)cc2)c(-c2ccccc2C(F)(F)F)n1)C(F)(F)F.CC(O)(c1cn(-c2ccc(Br)cc2)c(-c2ccccc2C(F)(F)F)n1)C(F)(F)F.CS(=O)(=O)c1cccc(B(O)O)c1. The predicted molar refractivity (Wildman–Crippen MR) is 275 cm³/mol. The minimum Gasteiger partial charge on any atom is -0.423 e. The summed E-state index contributed by atoms with van der Waals surface area (Å²) in [4.78, 5) is 7.75. The van der Waals surface area contributed by atoms with Crippen molar-refractivity contribution in [2.24, 2.45) is 0 Å². The van der Waals surface area contributed by atoms with Gasteiger partial charge in [0.2, 0.25) is 11.2 Å². The first-order valence-corrected chi connectivity index (χ1v) is 27.2. The van der Waals surface area contributed by atoms with Crippen LogP contribution in [0.15, 0.2) is 172 Å². The highest BCUT2D eigenvalue weighted by atomic mass is 79.9. The van der Waals surface area contributed by atoms with E-state index in [-0.39, 0.29) is 32.5 Å². The lowest BCUT2D eigenvalue weighted by Crippen LogP contribution is -2.39. The Morgan fingerprint density at radius 1 is 0.487 bits per heavy atom. The lowest BCUT2D eigenvalue weighted by Gasteiger charge is -2.24. The van der Waals surface area contributed by atoms with Crippen molar-refractivity contribution in [2.75, 3.05) is 12.5 Å². The molecule has 0 aliphatic carbocycles. The Balaban J connectivity index is 0.000000216. The zero-order valence-corrected chi connectivity index (χ0v) is 44.7. The number of nitrogens with zero attached hydrogens (tertiary/aromatic N) is 4. The lowest BCUT2D eigenvalue weighted by molar-refractivity contribution is -0.260. The van der Waals surface area contributed by atoms with E-state index in [0.29, 0.717) is 29.4 Å². The van der Waals surface area contributed by atoms with Gasteiger partial charge < -0.3 is 20.3 Å². The molecule has 0 aliphatic rings. The lowest BCUT2D eigenvalue weighted by atomic mass is 9.80. The number of hydrogen-bond acceptors (Lipinski definition) is 10. The van der Waals surface area contributed by atoms with Gasteiger partial charge in [0.15, 0.2) is 19.7 Å². The average molecular weight is 1230 g/mol. The highest BCUT2D eigenvalue weighted by Crippen LogP contribution is 2.44. The highest BCUT2D eigenvalue weighted by molar-refractivity contribution is 9.10. The molecule has 4 N–H and O–H groups in total. The van der Waals surface area contributed by atoms with Crippen LogP contribution >= 0.6 is 15.9 Å². The van der Waals surface area contributed by atoms with E-state index in [4.69, 9.17) is 10.0 Å². The third-order valence-electron chi connectivity index (χ3n) is 11.9. The molecule has 2 unspecified atom stereocenters. The number of aliphatic hydroxyl groups is 2. The van der Waals surface area contributed by atoms with Crippen LogP contribution in [-0.4, -0.2) is 88.2 Å². The molecule has 0 saturated heterocycles. The van der Waals surface area contributed by atoms with Crippen LogP contribution in [0.3, 0.4) is 0 Å². The van der Waals surface area contributed by atoms with Crippen LogP contribution in [-0.2, 0) is 43.2 Å². The van der Waals surface area contributed by atoms with E-state index in [2.05, 4.69) is 25.9 Å². The summed E-state index contributed by atoms with van der Waals surface area (Å²) in [6.45, 7) is 0.970. The van der Waals surface area contributed by atoms with Crippen molar-refractivity contribution in [2.45, 2.75) is 59.5 Å². The van der Waals surface area contributed by atoms with Gasteiger partial charge in [0.1, 0.15) is 23.0 Å². The standard InChI is InChI=1S/C26H20F6N2O3S.C19H13BrF6N2O.C7H9BO4S/c1-24(35,26(30,31)32)22-15-34(23(33-22)20-8-3-4-9-21(20)25(27,28)29)18-12-10-16(11-13-18)17-6-5-7-19(14-17)38(2,36)37;1-17(29,19(24,25)26)15-10-28(12-8-6-11(20)7-9-12)16(27-15)13-4-2-3-5-14(13)18(21,22)23;1-13(11,12)7-4-2-3-6(5-7)8(9)10/h3-15,35H,1-2H3;2-10,29H,1H3;2-5,9-10H,1H3. The number of imidazole rings is 2. The quantitative estimate of drug-likeness (QED) is 0.0759. The summed E-state index contributed by atoms with van der Waals surface area (Å²) in [6, 6.07) is 32.5. The second-order valence-electron chi connectivity index (χ2n) is 17.9. The average Bonchev–Trinajstić information content (AvgIpc) is 4.26. The molecule has 2 atom stereocenters. The molecule has 8 aromatic rings. The first-order chi connectivity index (χ1) is 36.7. The van der Waals surface area contributed by atoms with Crippen LogP contribution < -0.4 is 5.46 Å². The van der Waals surface area contributed by atoms with Crippen LogP contribution in [0.2, 0.25) is 0 Å². The van der Waals surface area contributed by atoms with E-state index in [9.17, 15) is 79.7 Å². The van der Waals surface area contributed by atoms with Crippen molar-refractivity contribution in [3.05, 3.63) is 185 Å². The normalized spacial score (nSPS) is 14.0. The van der Waals surface area contributed by atoms with Crippen LogP contribution in [0, 0.1) is 0 Å². The molecular weight excluding hydrogens is 1190 g/mol. The molecule has 0 aliphatic heterocycles. The van der Waals surface area contributed by atoms with E-state index in [1.165, 1.54) is 91.0 Å². The first kappa shape index (κ1) is 62.4. The summed E-state index contributed by atoms with van der Waals surface area (Å²) in [6.07, 6.45) is -15.9. The third-order valence-corrected chi connectivity index (χ3v) is 14.6. The van der Waals surface area contributed by atoms with Gasteiger partial charge in [-0.3, -0.25) is 9.13 Å². The van der Waals surface area contributed by atoms with Crippen molar-refractivity contribution >= 4 is 48.2 Å². The van der Waals surface area contributed by atoms with Gasteiger partial charge in [-0.2, -0.15) is 52.7 Å². The smallest absolute Gasteiger partial charge is 0.423 e. The highest BCUT2D eigenvalue weighted by Gasteiger charge is 2.54. The third kappa shape index (κ3) is 14.2. The van der Waals surface area contributed by atoms with Crippen LogP contribution in [0.25, 0.3) is 45.3 Å². The van der Waals surface area contributed by atoms with Crippen LogP contribution in [0.1, 0.15) is 36.4 Å². The van der Waals surface area contributed by atoms with E-state index in [0.717, 1.165) is 64.4 Å². The Labute approximate surface area is 457 Å². The topological polar surface area (TPSA) is 185 Å². The number of aromatic nitrogens is 4. The molecule has 424 valence electrons. The molecule has 6 aromatic carbocycles. The van der Waals surface area contributed by atoms with Gasteiger partial charge in [-0.1, -0.05) is 88.7 Å². The van der Waals surface area contributed by atoms with Gasteiger partial charge in [0.05, 0.1) is 20.9 Å². The number of sulfone groups is 2. The van der Waals surface area contributed by atoms with Crippen molar-refractivity contribution in [1.29, 1.82) is 0 Å². The molecule has 80 heavy (non-hydrogen) atoms. The second kappa shape index (κ2) is 23.0. The van der Waals surface area contributed by atoms with Crippen LogP contribution in [0.4, 0.5) is 52.7 Å². The Bertz CT molecular complexity index is 3740. The zero-order chi connectivity index (χ0) is 59.8. The number of benzene rings is 6. The molecule has 0 fully saturated rings. The summed E-state index contributed by atoms with van der Waals surface area (Å²) in [5.74, 6) is -0.830. The Hall–Kier alpha value is -6.82. The number of halogens is 13. The number of alkyl halides is 12. The van der Waals surface area contributed by atoms with E-state index < -0.39 is 102 Å². The number of hydrogen-bond donors (Lipinski definition) is 4. The Morgan fingerprint density at radius 3 is 1.24 bits per heavy atom. The largest absolute Gasteiger partial charge is 0.488 e. The monoisotopic (exact) mass is 1230 g/mol. The fraction of sp³-hybridized carbons (Fsp3) is 0.192. The Kier molecular flexibility index (Phi) is 17.9. The summed E-state index contributed by atoms with van der Waals surface area (Å²) >= 11 is 3.22. The molecule has 8 rings (SSSR count). The van der Waals surface area contributed by atoms with E-state index in [1.807, 2.05) is 0 Å². The van der Waals surface area contributed by atoms with Gasteiger partial charge in [-0.25, -0.2) is 26.8 Å². The summed E-state index contributed by atoms with van der Waals surface area (Å²) in [7, 11) is -8.40. The predicted octanol–water partition coefficient (Wildman–Crippen LogP) is 11.3. The maximum absolute atomic E-state index is 13.7. The summed E-state index contributed by atoms with van der Waals surface area (Å²) in [5.41, 5.74) is -9.85.